The zero-order valence-electron chi connectivity index (χ0n) is 18.1. The summed E-state index contributed by atoms with van der Waals surface area (Å²) < 4.78 is 14.5. The van der Waals surface area contributed by atoms with Crippen molar-refractivity contribution in [3.63, 3.8) is 0 Å². The molecule has 0 unspecified atom stereocenters. The first-order valence-electron chi connectivity index (χ1n) is 10.4. The monoisotopic (exact) mass is 406 g/mol. The maximum Gasteiger partial charge on any atom is 0.233 e. The highest BCUT2D eigenvalue weighted by atomic mass is 19.1. The molecule has 8 heteroatoms. The van der Waals surface area contributed by atoms with Gasteiger partial charge in [-0.2, -0.15) is 0 Å². The van der Waals surface area contributed by atoms with Gasteiger partial charge < -0.3 is 20.9 Å². The molecule has 162 valence electrons. The fourth-order valence-corrected chi connectivity index (χ4v) is 3.57. The van der Waals surface area contributed by atoms with Gasteiger partial charge in [-0.25, -0.2) is 4.39 Å². The Morgan fingerprint density at radius 3 is 2.52 bits per heavy atom. The van der Waals surface area contributed by atoms with Crippen LogP contribution in [0.15, 0.2) is 23.2 Å². The number of halogens is 1. The molecular weight excluding hydrogens is 371 g/mol. The van der Waals surface area contributed by atoms with Crippen LogP contribution in [0.4, 0.5) is 10.1 Å². The Balaban J connectivity index is 1.82. The van der Waals surface area contributed by atoms with Crippen LogP contribution in [-0.2, 0) is 11.3 Å². The van der Waals surface area contributed by atoms with Crippen LogP contribution in [0.25, 0.3) is 0 Å². The first-order chi connectivity index (χ1) is 14.0. The Kier molecular flexibility index (Phi) is 9.18. The number of amides is 1. The Morgan fingerprint density at radius 2 is 1.97 bits per heavy atom. The average molecular weight is 407 g/mol. The van der Waals surface area contributed by atoms with E-state index in [0.717, 1.165) is 44.6 Å². The summed E-state index contributed by atoms with van der Waals surface area (Å²) in [5.41, 5.74) is 1.52. The summed E-state index contributed by atoms with van der Waals surface area (Å²) in [5.74, 6) is 0.565. The third-order valence-electron chi connectivity index (χ3n) is 5.37. The Morgan fingerprint density at radius 1 is 1.28 bits per heavy atom. The highest BCUT2D eigenvalue weighted by Gasteiger charge is 2.21. The second-order valence-corrected chi connectivity index (χ2v) is 7.25. The van der Waals surface area contributed by atoms with E-state index < -0.39 is 0 Å². The number of anilines is 1. The molecule has 1 saturated heterocycles. The number of aliphatic imine (C=N–C) groups is 1. The molecule has 0 radical (unpaired) electrons. The molecule has 1 aromatic rings. The highest BCUT2D eigenvalue weighted by molar-refractivity contribution is 5.80. The predicted molar refractivity (Wildman–Crippen MR) is 117 cm³/mol. The normalized spacial score (nSPS) is 15.8. The number of nitrogens with zero attached hydrogens (tertiary/aromatic N) is 3. The van der Waals surface area contributed by atoms with Gasteiger partial charge in [-0.05, 0) is 44.4 Å². The average Bonchev–Trinajstić information content (AvgIpc) is 2.74. The molecular formula is C21H35FN6O. The fraction of sp³-hybridized carbons (Fsp3) is 0.619. The van der Waals surface area contributed by atoms with Crippen molar-refractivity contribution >= 4 is 17.6 Å². The van der Waals surface area contributed by atoms with Crippen LogP contribution in [0.2, 0.25) is 0 Å². The number of nitrogens with one attached hydrogen (secondary N) is 3. The Labute approximate surface area is 173 Å². The minimum absolute atomic E-state index is 0.0492. The number of likely N-dealkylation sites (tertiary alicyclic amines) is 1. The molecule has 0 bridgehead atoms. The van der Waals surface area contributed by atoms with Crippen molar-refractivity contribution < 1.29 is 9.18 Å². The lowest BCUT2D eigenvalue weighted by atomic mass is 10.1. The molecule has 0 spiro atoms. The second-order valence-electron chi connectivity index (χ2n) is 7.25. The van der Waals surface area contributed by atoms with Gasteiger partial charge in [-0.3, -0.25) is 14.7 Å². The predicted octanol–water partition coefficient (Wildman–Crippen LogP) is 1.55. The van der Waals surface area contributed by atoms with Gasteiger partial charge in [-0.15, -0.1) is 0 Å². The number of likely N-dealkylation sites (N-methyl/N-ethyl adjacent to an activating group) is 1. The SMILES string of the molecule is CCN(CC)c1ccc(CNC(=NC)NC2CCN(CC(=O)NC)CC2)cc1F. The van der Waals surface area contributed by atoms with Crippen LogP contribution in [0.5, 0.6) is 0 Å². The zero-order chi connectivity index (χ0) is 21.2. The molecule has 0 atom stereocenters. The van der Waals surface area contributed by atoms with Crippen molar-refractivity contribution in [3.05, 3.63) is 29.6 Å². The molecule has 0 saturated carbocycles. The van der Waals surface area contributed by atoms with Gasteiger partial charge in [-0.1, -0.05) is 6.07 Å². The molecule has 0 aromatic heterocycles. The molecule has 1 aliphatic rings. The van der Waals surface area contributed by atoms with Crippen LogP contribution in [0.3, 0.4) is 0 Å². The van der Waals surface area contributed by atoms with Crippen molar-refractivity contribution in [2.45, 2.75) is 39.3 Å². The molecule has 2 rings (SSSR count). The van der Waals surface area contributed by atoms with Crippen molar-refractivity contribution in [2.24, 2.45) is 4.99 Å². The maximum absolute atomic E-state index is 14.5. The van der Waals surface area contributed by atoms with E-state index in [0.29, 0.717) is 30.8 Å². The van der Waals surface area contributed by atoms with Gasteiger partial charge >= 0.3 is 0 Å². The Hall–Kier alpha value is -2.35. The van der Waals surface area contributed by atoms with Crippen LogP contribution in [-0.4, -0.2) is 69.6 Å². The molecule has 1 amide bonds. The molecule has 1 fully saturated rings. The molecule has 7 nitrogen and oxygen atoms in total. The van der Waals surface area contributed by atoms with E-state index in [9.17, 15) is 9.18 Å². The highest BCUT2D eigenvalue weighted by Crippen LogP contribution is 2.20. The number of guanidine groups is 1. The third-order valence-corrected chi connectivity index (χ3v) is 5.37. The number of rotatable bonds is 8. The molecule has 0 aliphatic carbocycles. The van der Waals surface area contributed by atoms with Gasteiger partial charge in [0.25, 0.3) is 0 Å². The van der Waals surface area contributed by atoms with Crippen LogP contribution < -0.4 is 20.9 Å². The topological polar surface area (TPSA) is 72.0 Å². The van der Waals surface area contributed by atoms with Crippen molar-refractivity contribution in [1.29, 1.82) is 0 Å². The molecule has 3 N–H and O–H groups in total. The van der Waals surface area contributed by atoms with Gasteiger partial charge in [0.15, 0.2) is 5.96 Å². The smallest absolute Gasteiger partial charge is 0.233 e. The number of piperidine rings is 1. The van der Waals surface area contributed by atoms with Crippen molar-refractivity contribution in [3.8, 4) is 0 Å². The van der Waals surface area contributed by atoms with Crippen molar-refractivity contribution in [1.82, 2.24) is 20.9 Å². The largest absolute Gasteiger partial charge is 0.370 e. The number of benzene rings is 1. The summed E-state index contributed by atoms with van der Waals surface area (Å²) in [5, 5.41) is 9.37. The lowest BCUT2D eigenvalue weighted by Crippen LogP contribution is -2.49. The van der Waals surface area contributed by atoms with E-state index in [2.05, 4.69) is 25.8 Å². The van der Waals surface area contributed by atoms with E-state index in [1.165, 1.54) is 0 Å². The van der Waals surface area contributed by atoms with Crippen LogP contribution >= 0.6 is 0 Å². The van der Waals surface area contributed by atoms with E-state index in [-0.39, 0.29) is 11.7 Å². The fourth-order valence-electron chi connectivity index (χ4n) is 3.57. The third kappa shape index (κ3) is 6.88. The second kappa shape index (κ2) is 11.6. The lowest BCUT2D eigenvalue weighted by Gasteiger charge is -2.32. The van der Waals surface area contributed by atoms with Crippen molar-refractivity contribution in [2.75, 3.05) is 51.7 Å². The first-order valence-corrected chi connectivity index (χ1v) is 10.4. The molecule has 1 aromatic carbocycles. The van der Waals surface area contributed by atoms with Gasteiger partial charge in [0.05, 0.1) is 12.2 Å². The zero-order valence-corrected chi connectivity index (χ0v) is 18.1. The first kappa shape index (κ1) is 22.9. The number of hydrogen-bond acceptors (Lipinski definition) is 4. The van der Waals surface area contributed by atoms with Gasteiger partial charge in [0, 0.05) is 52.9 Å². The standard InChI is InChI=1S/C21H35FN6O/c1-5-28(6-2)19-8-7-16(13-18(19)22)14-25-21(24-4)26-17-9-11-27(12-10-17)15-20(29)23-3/h7-8,13,17H,5-6,9-12,14-15H2,1-4H3,(H,23,29)(H2,24,25,26). The Bertz CT molecular complexity index is 684. The van der Waals surface area contributed by atoms with E-state index in [1.807, 2.05) is 30.9 Å². The van der Waals surface area contributed by atoms with Crippen LogP contribution in [0, 0.1) is 5.82 Å². The van der Waals surface area contributed by atoms with Gasteiger partial charge in [0.2, 0.25) is 5.91 Å². The van der Waals surface area contributed by atoms with Crippen LogP contribution in [0.1, 0.15) is 32.3 Å². The molecule has 1 aliphatic heterocycles. The lowest BCUT2D eigenvalue weighted by molar-refractivity contribution is -0.122. The molecule has 1 heterocycles. The summed E-state index contributed by atoms with van der Waals surface area (Å²) in [6.45, 7) is 8.32. The summed E-state index contributed by atoms with van der Waals surface area (Å²) in [4.78, 5) is 19.9. The quantitative estimate of drug-likeness (QED) is 0.451. The summed E-state index contributed by atoms with van der Waals surface area (Å²) >= 11 is 0. The van der Waals surface area contributed by atoms with E-state index in [1.54, 1.807) is 20.2 Å². The minimum atomic E-state index is -0.195. The number of carbonyl (C=O) groups excluding carboxylic acids is 1. The number of hydrogen-bond donors (Lipinski definition) is 3. The maximum atomic E-state index is 14.5. The molecule has 29 heavy (non-hydrogen) atoms. The summed E-state index contributed by atoms with van der Waals surface area (Å²) in [7, 11) is 3.40. The summed E-state index contributed by atoms with van der Waals surface area (Å²) in [6.07, 6.45) is 1.90. The van der Waals surface area contributed by atoms with E-state index >= 15 is 0 Å². The number of carbonyl (C=O) groups is 1. The van der Waals surface area contributed by atoms with E-state index in [4.69, 9.17) is 0 Å². The minimum Gasteiger partial charge on any atom is -0.370 e. The van der Waals surface area contributed by atoms with Gasteiger partial charge in [0.1, 0.15) is 5.82 Å². The summed E-state index contributed by atoms with van der Waals surface area (Å²) in [6, 6.07) is 5.70.